The maximum absolute atomic E-state index is 10.4. The van der Waals surface area contributed by atoms with Gasteiger partial charge in [0.2, 0.25) is 5.91 Å². The third kappa shape index (κ3) is 2.84. The average Bonchev–Trinajstić information content (AvgIpc) is 2.15. The minimum atomic E-state index is -0.457. The second-order valence-electron chi connectivity index (χ2n) is 2.50. The molecule has 0 aliphatic rings. The third-order valence-electron chi connectivity index (χ3n) is 1.52. The first-order valence-electron chi connectivity index (χ1n) is 3.76. The van der Waals surface area contributed by atoms with E-state index in [1.165, 1.54) is 6.08 Å². The highest BCUT2D eigenvalue weighted by atomic mass is 16.1. The van der Waals surface area contributed by atoms with Crippen molar-refractivity contribution < 1.29 is 4.79 Å². The molecule has 1 amide bonds. The number of rotatable bonds is 2. The van der Waals surface area contributed by atoms with Crippen molar-refractivity contribution in [3.05, 3.63) is 41.5 Å². The largest absolute Gasteiger partial charge is 0.366 e. The van der Waals surface area contributed by atoms with Crippen LogP contribution in [0.2, 0.25) is 0 Å². The number of nitrogens with two attached hydrogens (primary N) is 1. The molecule has 0 aromatic heterocycles. The third-order valence-corrected chi connectivity index (χ3v) is 1.52. The fraction of sp³-hybridized carbons (Fsp3) is 0. The molecule has 0 radical (unpaired) electrons. The topological polar surface area (TPSA) is 43.1 Å². The highest BCUT2D eigenvalue weighted by Crippen LogP contribution is 2.04. The number of primary amides is 1. The first kappa shape index (κ1) is 9.08. The second kappa shape index (κ2) is 4.13. The van der Waals surface area contributed by atoms with Gasteiger partial charge in [-0.1, -0.05) is 18.1 Å². The van der Waals surface area contributed by atoms with Gasteiger partial charge in [-0.3, -0.25) is 4.79 Å². The lowest BCUT2D eigenvalue weighted by molar-refractivity contribution is -0.113. The van der Waals surface area contributed by atoms with Gasteiger partial charge in [0, 0.05) is 11.6 Å². The SMILES string of the molecule is C#Cc1ccc(C=CC(N)=O)cc1. The van der Waals surface area contributed by atoms with Crippen LogP contribution in [0.5, 0.6) is 0 Å². The summed E-state index contributed by atoms with van der Waals surface area (Å²) in [6, 6.07) is 7.27. The van der Waals surface area contributed by atoms with E-state index in [0.717, 1.165) is 11.1 Å². The molecule has 0 saturated carbocycles. The maximum Gasteiger partial charge on any atom is 0.241 e. The van der Waals surface area contributed by atoms with Gasteiger partial charge in [0.25, 0.3) is 0 Å². The predicted octanol–water partition coefficient (Wildman–Crippen LogP) is 1.17. The van der Waals surface area contributed by atoms with E-state index in [1.54, 1.807) is 18.2 Å². The Balaban J connectivity index is 2.82. The quantitative estimate of drug-likeness (QED) is 0.526. The van der Waals surface area contributed by atoms with Crippen LogP contribution >= 0.6 is 0 Å². The zero-order chi connectivity index (χ0) is 9.68. The molecular weight excluding hydrogens is 162 g/mol. The number of hydrogen-bond acceptors (Lipinski definition) is 1. The van der Waals surface area contributed by atoms with Crippen LogP contribution in [0.4, 0.5) is 0 Å². The zero-order valence-electron chi connectivity index (χ0n) is 7.03. The normalized spacial score (nSPS) is 9.77. The standard InChI is InChI=1S/C11H9NO/c1-2-9-3-5-10(6-4-9)7-8-11(12)13/h1,3-8H,(H2,12,13). The van der Waals surface area contributed by atoms with Crippen LogP contribution in [-0.4, -0.2) is 5.91 Å². The molecule has 0 spiro atoms. The van der Waals surface area contributed by atoms with Crippen molar-refractivity contribution in [1.29, 1.82) is 0 Å². The van der Waals surface area contributed by atoms with E-state index in [0.29, 0.717) is 0 Å². The lowest BCUT2D eigenvalue weighted by Gasteiger charge is -1.92. The van der Waals surface area contributed by atoms with E-state index in [4.69, 9.17) is 12.2 Å². The van der Waals surface area contributed by atoms with Gasteiger partial charge in [-0.25, -0.2) is 0 Å². The van der Waals surface area contributed by atoms with Crippen LogP contribution in [-0.2, 0) is 4.79 Å². The van der Waals surface area contributed by atoms with Gasteiger partial charge in [-0.15, -0.1) is 6.42 Å². The van der Waals surface area contributed by atoms with Crippen molar-refractivity contribution in [1.82, 2.24) is 0 Å². The Morgan fingerprint density at radius 1 is 1.38 bits per heavy atom. The van der Waals surface area contributed by atoms with E-state index >= 15 is 0 Å². The van der Waals surface area contributed by atoms with E-state index in [1.807, 2.05) is 12.1 Å². The molecule has 1 rings (SSSR count). The molecule has 0 fully saturated rings. The summed E-state index contributed by atoms with van der Waals surface area (Å²) in [7, 11) is 0. The summed E-state index contributed by atoms with van der Waals surface area (Å²) in [6.45, 7) is 0. The molecule has 2 N–H and O–H groups in total. The number of hydrogen-bond donors (Lipinski definition) is 1. The molecule has 2 heteroatoms. The lowest BCUT2D eigenvalue weighted by atomic mass is 10.1. The molecule has 0 bridgehead atoms. The fourth-order valence-corrected chi connectivity index (χ4v) is 0.869. The molecule has 0 atom stereocenters. The highest BCUT2D eigenvalue weighted by Gasteiger charge is 1.88. The summed E-state index contributed by atoms with van der Waals surface area (Å²) in [6.07, 6.45) is 8.13. The van der Waals surface area contributed by atoms with Crippen molar-refractivity contribution in [2.75, 3.05) is 0 Å². The maximum atomic E-state index is 10.4. The van der Waals surface area contributed by atoms with Gasteiger partial charge < -0.3 is 5.73 Å². The smallest absolute Gasteiger partial charge is 0.241 e. The van der Waals surface area contributed by atoms with Crippen LogP contribution < -0.4 is 5.73 Å². The van der Waals surface area contributed by atoms with Gasteiger partial charge in [0.05, 0.1) is 0 Å². The van der Waals surface area contributed by atoms with Crippen molar-refractivity contribution in [3.63, 3.8) is 0 Å². The molecule has 13 heavy (non-hydrogen) atoms. The van der Waals surface area contributed by atoms with Crippen LogP contribution in [0.25, 0.3) is 6.08 Å². The number of terminal acetylenes is 1. The van der Waals surface area contributed by atoms with Gasteiger partial charge in [-0.05, 0) is 23.8 Å². The fourth-order valence-electron chi connectivity index (χ4n) is 0.869. The molecule has 1 aromatic carbocycles. The minimum absolute atomic E-state index is 0.457. The first-order valence-corrected chi connectivity index (χ1v) is 3.76. The van der Waals surface area contributed by atoms with E-state index in [-0.39, 0.29) is 0 Å². The number of benzene rings is 1. The summed E-state index contributed by atoms with van der Waals surface area (Å²) >= 11 is 0. The average molecular weight is 171 g/mol. The first-order chi connectivity index (χ1) is 6.22. The Bertz CT molecular complexity index is 368. The lowest BCUT2D eigenvalue weighted by Crippen LogP contribution is -2.04. The molecule has 64 valence electrons. The summed E-state index contributed by atoms with van der Waals surface area (Å²) in [5.74, 6) is 2.05. The Hall–Kier alpha value is -2.01. The molecule has 0 aliphatic heterocycles. The summed E-state index contributed by atoms with van der Waals surface area (Å²) in [5.41, 5.74) is 6.65. The highest BCUT2D eigenvalue weighted by molar-refractivity contribution is 5.90. The van der Waals surface area contributed by atoms with Crippen molar-refractivity contribution in [2.24, 2.45) is 5.73 Å². The summed E-state index contributed by atoms with van der Waals surface area (Å²) in [4.78, 5) is 10.4. The van der Waals surface area contributed by atoms with Gasteiger partial charge in [-0.2, -0.15) is 0 Å². The number of carbonyl (C=O) groups is 1. The number of amides is 1. The Labute approximate surface area is 77.1 Å². The molecule has 2 nitrogen and oxygen atoms in total. The Kier molecular flexibility index (Phi) is 2.88. The molecule has 0 aliphatic carbocycles. The van der Waals surface area contributed by atoms with Crippen LogP contribution in [0.3, 0.4) is 0 Å². The molecule has 0 unspecified atom stereocenters. The number of carbonyl (C=O) groups excluding carboxylic acids is 1. The summed E-state index contributed by atoms with van der Waals surface area (Å²) in [5, 5.41) is 0. The zero-order valence-corrected chi connectivity index (χ0v) is 7.03. The van der Waals surface area contributed by atoms with Gasteiger partial charge >= 0.3 is 0 Å². The molecular formula is C11H9NO. The Morgan fingerprint density at radius 3 is 2.46 bits per heavy atom. The monoisotopic (exact) mass is 171 g/mol. The van der Waals surface area contributed by atoms with E-state index in [9.17, 15) is 4.79 Å². The molecule has 0 saturated heterocycles. The second-order valence-corrected chi connectivity index (χ2v) is 2.50. The summed E-state index contributed by atoms with van der Waals surface area (Å²) < 4.78 is 0. The molecule has 1 aromatic rings. The van der Waals surface area contributed by atoms with E-state index < -0.39 is 5.91 Å². The minimum Gasteiger partial charge on any atom is -0.366 e. The van der Waals surface area contributed by atoms with Crippen molar-refractivity contribution in [2.45, 2.75) is 0 Å². The van der Waals surface area contributed by atoms with Crippen LogP contribution in [0.1, 0.15) is 11.1 Å². The van der Waals surface area contributed by atoms with Crippen molar-refractivity contribution in [3.8, 4) is 12.3 Å². The van der Waals surface area contributed by atoms with Gasteiger partial charge in [0.1, 0.15) is 0 Å². The van der Waals surface area contributed by atoms with Gasteiger partial charge in [0.15, 0.2) is 0 Å². The Morgan fingerprint density at radius 2 is 2.00 bits per heavy atom. The van der Waals surface area contributed by atoms with Crippen LogP contribution in [0.15, 0.2) is 30.3 Å². The van der Waals surface area contributed by atoms with Crippen LogP contribution in [0, 0.1) is 12.3 Å². The van der Waals surface area contributed by atoms with E-state index in [2.05, 4.69) is 5.92 Å². The predicted molar refractivity (Wildman–Crippen MR) is 52.6 cm³/mol. The van der Waals surface area contributed by atoms with Crippen molar-refractivity contribution >= 4 is 12.0 Å². The molecule has 0 heterocycles.